The second-order valence-electron chi connectivity index (χ2n) is 7.38. The lowest BCUT2D eigenvalue weighted by Crippen LogP contribution is -1.96. The minimum Gasteiger partial charge on any atom is -0.388 e. The van der Waals surface area contributed by atoms with Gasteiger partial charge in [-0.05, 0) is 48.5 Å². The molecule has 2 aromatic carbocycles. The van der Waals surface area contributed by atoms with Gasteiger partial charge >= 0.3 is 0 Å². The predicted octanol–water partition coefficient (Wildman–Crippen LogP) is 5.64. The number of hydrogen-bond donors (Lipinski definition) is 4. The number of aromatic nitrogens is 2. The third-order valence-electron chi connectivity index (χ3n) is 5.57. The smallest absolute Gasteiger partial charge is 0.0886 e. The fourth-order valence-corrected chi connectivity index (χ4v) is 3.72. The summed E-state index contributed by atoms with van der Waals surface area (Å²) in [6.07, 6.45) is 3.80. The van der Waals surface area contributed by atoms with Gasteiger partial charge in [0, 0.05) is 85.6 Å². The van der Waals surface area contributed by atoms with Crippen LogP contribution in [-0.2, 0) is 0 Å². The zero-order valence-electron chi connectivity index (χ0n) is 18.8. The van der Waals surface area contributed by atoms with E-state index in [-0.39, 0.29) is 0 Å². The number of nitrogens with zero attached hydrogens (tertiary/aromatic N) is 2. The molecule has 6 heteroatoms. The highest BCUT2D eigenvalue weighted by Crippen LogP contribution is 2.33. The number of anilines is 4. The highest BCUT2D eigenvalue weighted by molar-refractivity contribution is 5.82. The summed E-state index contributed by atoms with van der Waals surface area (Å²) in [5, 5.41) is 12.9. The Hall–Kier alpha value is -4.06. The zero-order valence-corrected chi connectivity index (χ0v) is 18.8. The molecule has 0 spiro atoms. The molecule has 2 aromatic heterocycles. The molecule has 0 radical (unpaired) electrons. The van der Waals surface area contributed by atoms with Crippen molar-refractivity contribution in [1.29, 1.82) is 0 Å². The van der Waals surface area contributed by atoms with Crippen molar-refractivity contribution in [2.45, 2.75) is 0 Å². The molecule has 0 aliphatic heterocycles. The second kappa shape index (κ2) is 9.39. The van der Waals surface area contributed by atoms with E-state index in [2.05, 4.69) is 67.6 Å². The van der Waals surface area contributed by atoms with E-state index in [0.717, 1.165) is 56.4 Å². The fraction of sp³-hybridized carbons (Fsp3) is 0.154. The first-order valence-corrected chi connectivity index (χ1v) is 10.6. The van der Waals surface area contributed by atoms with Gasteiger partial charge in [0.15, 0.2) is 0 Å². The molecule has 0 aliphatic carbocycles. The average Bonchev–Trinajstić information content (AvgIpc) is 2.88. The van der Waals surface area contributed by atoms with Crippen molar-refractivity contribution in [2.24, 2.45) is 0 Å². The van der Waals surface area contributed by atoms with E-state index in [1.165, 1.54) is 0 Å². The number of pyridine rings is 2. The molecule has 4 aromatic rings. The summed E-state index contributed by atoms with van der Waals surface area (Å²) in [6, 6.07) is 20.7. The Labute approximate surface area is 189 Å². The second-order valence-corrected chi connectivity index (χ2v) is 7.38. The van der Waals surface area contributed by atoms with Gasteiger partial charge < -0.3 is 21.3 Å². The Morgan fingerprint density at radius 1 is 0.500 bits per heavy atom. The average molecular weight is 425 g/mol. The van der Waals surface area contributed by atoms with Crippen LogP contribution < -0.4 is 21.3 Å². The molecule has 0 saturated carbocycles. The van der Waals surface area contributed by atoms with Gasteiger partial charge in [-0.2, -0.15) is 0 Å². The van der Waals surface area contributed by atoms with Gasteiger partial charge in [0.25, 0.3) is 0 Å². The molecule has 162 valence electrons. The number of hydrogen-bond acceptors (Lipinski definition) is 6. The van der Waals surface area contributed by atoms with E-state index in [1.54, 1.807) is 0 Å². The van der Waals surface area contributed by atoms with E-state index in [1.807, 2.05) is 64.8 Å². The number of benzene rings is 2. The van der Waals surface area contributed by atoms with Crippen LogP contribution in [0.1, 0.15) is 0 Å². The molecule has 0 atom stereocenters. The summed E-state index contributed by atoms with van der Waals surface area (Å²) >= 11 is 0. The Kier molecular flexibility index (Phi) is 6.22. The third-order valence-corrected chi connectivity index (χ3v) is 5.57. The van der Waals surface area contributed by atoms with Gasteiger partial charge in [0.2, 0.25) is 0 Å². The van der Waals surface area contributed by atoms with E-state index < -0.39 is 0 Å². The van der Waals surface area contributed by atoms with Gasteiger partial charge in [-0.25, -0.2) is 0 Å². The maximum atomic E-state index is 4.69. The van der Waals surface area contributed by atoms with E-state index in [4.69, 9.17) is 0 Å². The Morgan fingerprint density at radius 3 is 1.25 bits per heavy atom. The van der Waals surface area contributed by atoms with Crippen LogP contribution in [0.15, 0.2) is 73.1 Å². The maximum Gasteiger partial charge on any atom is 0.0886 e. The molecule has 4 N–H and O–H groups in total. The molecule has 0 fully saturated rings. The summed E-state index contributed by atoms with van der Waals surface area (Å²) in [4.78, 5) is 9.37. The van der Waals surface area contributed by atoms with Gasteiger partial charge in [0.1, 0.15) is 0 Å². The summed E-state index contributed by atoms with van der Waals surface area (Å²) in [7, 11) is 7.69. The molecule has 0 saturated heterocycles. The minimum atomic E-state index is 0.842. The lowest BCUT2D eigenvalue weighted by molar-refractivity contribution is 1.25. The van der Waals surface area contributed by atoms with E-state index in [9.17, 15) is 0 Å². The van der Waals surface area contributed by atoms with Crippen LogP contribution in [0.2, 0.25) is 0 Å². The Balaban J connectivity index is 1.63. The van der Waals surface area contributed by atoms with Crippen molar-refractivity contribution in [3.8, 4) is 33.6 Å². The quantitative estimate of drug-likeness (QED) is 0.307. The molecule has 0 aliphatic rings. The van der Waals surface area contributed by atoms with Gasteiger partial charge in [-0.15, -0.1) is 0 Å². The molecular formula is C26H28N6. The highest BCUT2D eigenvalue weighted by Gasteiger charge is 2.10. The molecular weight excluding hydrogens is 396 g/mol. The lowest BCUT2D eigenvalue weighted by Gasteiger charge is -2.13. The predicted molar refractivity (Wildman–Crippen MR) is 137 cm³/mol. The highest BCUT2D eigenvalue weighted by atomic mass is 14.9. The number of rotatable bonds is 7. The van der Waals surface area contributed by atoms with Crippen molar-refractivity contribution in [2.75, 3.05) is 49.5 Å². The first-order valence-electron chi connectivity index (χ1n) is 10.6. The van der Waals surface area contributed by atoms with Crippen molar-refractivity contribution < 1.29 is 0 Å². The Morgan fingerprint density at radius 2 is 0.938 bits per heavy atom. The molecule has 32 heavy (non-hydrogen) atoms. The summed E-state index contributed by atoms with van der Waals surface area (Å²) in [5.74, 6) is 0. The van der Waals surface area contributed by atoms with E-state index in [0.29, 0.717) is 0 Å². The third kappa shape index (κ3) is 4.21. The maximum absolute atomic E-state index is 4.69. The molecule has 0 amide bonds. The van der Waals surface area contributed by atoms with Crippen LogP contribution in [0, 0.1) is 0 Å². The largest absolute Gasteiger partial charge is 0.388 e. The van der Waals surface area contributed by atoms with Crippen molar-refractivity contribution in [3.05, 3.63) is 73.1 Å². The fourth-order valence-electron chi connectivity index (χ4n) is 3.72. The van der Waals surface area contributed by atoms with Crippen LogP contribution in [0.25, 0.3) is 33.6 Å². The molecule has 4 rings (SSSR count). The van der Waals surface area contributed by atoms with Gasteiger partial charge in [-0.1, -0.05) is 12.1 Å². The molecule has 6 nitrogen and oxygen atoms in total. The van der Waals surface area contributed by atoms with Gasteiger partial charge in [-0.3, -0.25) is 9.97 Å². The summed E-state index contributed by atoms with van der Waals surface area (Å²) in [5.41, 5.74) is 10.2. The van der Waals surface area contributed by atoms with Crippen LogP contribution in [0.4, 0.5) is 22.7 Å². The van der Waals surface area contributed by atoms with E-state index >= 15 is 0 Å². The summed E-state index contributed by atoms with van der Waals surface area (Å²) < 4.78 is 0. The first-order chi connectivity index (χ1) is 15.7. The first kappa shape index (κ1) is 21.2. The number of nitrogens with one attached hydrogen (secondary N) is 4. The summed E-state index contributed by atoms with van der Waals surface area (Å²) in [6.45, 7) is 0. The van der Waals surface area contributed by atoms with Gasteiger partial charge in [0.05, 0.1) is 11.4 Å². The molecule has 2 heterocycles. The Bertz CT molecular complexity index is 1100. The lowest BCUT2D eigenvalue weighted by atomic mass is 10.0. The standard InChI is InChI=1S/C26H28N6/c1-27-19-7-11-23(29-3)21(13-19)17-5-9-25(31-15-17)26-10-6-18(16-32-26)22-14-20(28-2)8-12-24(22)30-4/h5-16,27-30H,1-4H3. The molecule has 0 unspecified atom stereocenters. The molecule has 0 bridgehead atoms. The normalized spacial score (nSPS) is 10.5. The van der Waals surface area contributed by atoms with Crippen LogP contribution in [0.5, 0.6) is 0 Å². The van der Waals surface area contributed by atoms with Crippen LogP contribution >= 0.6 is 0 Å². The van der Waals surface area contributed by atoms with Crippen molar-refractivity contribution in [3.63, 3.8) is 0 Å². The van der Waals surface area contributed by atoms with Crippen LogP contribution in [0.3, 0.4) is 0 Å². The van der Waals surface area contributed by atoms with Crippen molar-refractivity contribution in [1.82, 2.24) is 9.97 Å². The van der Waals surface area contributed by atoms with Crippen molar-refractivity contribution >= 4 is 22.7 Å². The zero-order chi connectivity index (χ0) is 22.5. The SMILES string of the molecule is CNc1ccc(NC)c(-c2ccc(-c3ccc(-c4cc(NC)ccc4NC)cn3)nc2)c1. The minimum absolute atomic E-state index is 0.842. The van der Waals surface area contributed by atoms with Crippen LogP contribution in [-0.4, -0.2) is 38.2 Å². The topological polar surface area (TPSA) is 73.9 Å². The monoisotopic (exact) mass is 424 g/mol.